The lowest BCUT2D eigenvalue weighted by Crippen LogP contribution is -2.02. The Morgan fingerprint density at radius 2 is 0.320 bits per heavy atom. The highest BCUT2D eigenvalue weighted by Gasteiger charge is 2.31. The molecule has 0 saturated heterocycles. The van der Waals surface area contributed by atoms with Crippen molar-refractivity contribution in [3.05, 3.63) is 537 Å². The van der Waals surface area contributed by atoms with Crippen molar-refractivity contribution in [1.82, 2.24) is 64.8 Å². The fourth-order valence-electron chi connectivity index (χ4n) is 20.5. The maximum Gasteiger partial charge on any atom is 0.182 e. The molecule has 24 aromatic rings. The van der Waals surface area contributed by atoms with E-state index in [-0.39, 0.29) is 0 Å². The Kier molecular flexibility index (Phi) is 24.0. The number of nitrogens with zero attached hydrogens (tertiary/aromatic N) is 13. The Labute approximate surface area is 852 Å². The zero-order valence-corrected chi connectivity index (χ0v) is 79.9. The van der Waals surface area contributed by atoms with Crippen LogP contribution in [0, 0.1) is 0 Å². The first-order valence-electron chi connectivity index (χ1n) is 49.5. The molecule has 690 valence electrons. The predicted molar refractivity (Wildman–Crippen MR) is 593 cm³/mol. The molecule has 0 aliphatic heterocycles. The molecule has 0 amide bonds. The summed E-state index contributed by atoms with van der Waals surface area (Å²) in [6.45, 7) is 0. The molecule has 0 spiro atoms. The van der Waals surface area contributed by atoms with Crippen LogP contribution in [-0.2, 0) is 19.3 Å². The fourth-order valence-corrected chi connectivity index (χ4v) is 20.5. The lowest BCUT2D eigenvalue weighted by atomic mass is 9.94. The largest absolute Gasteiger partial charge is 0.252 e. The van der Waals surface area contributed by atoms with Crippen molar-refractivity contribution in [3.8, 4) is 237 Å². The Morgan fingerprint density at radius 1 is 0.109 bits per heavy atom. The van der Waals surface area contributed by atoms with E-state index in [0.29, 0.717) is 75.2 Å². The van der Waals surface area contributed by atoms with Crippen LogP contribution in [0.1, 0.15) is 33.4 Å². The van der Waals surface area contributed by atoms with Gasteiger partial charge in [-0.1, -0.05) is 449 Å². The summed E-state index contributed by atoms with van der Waals surface area (Å²) in [5.41, 5.74) is 43.6. The highest BCUT2D eigenvalue weighted by molar-refractivity contribution is 5.94. The summed E-state index contributed by atoms with van der Waals surface area (Å²) >= 11 is 0. The average Bonchev–Trinajstić information content (AvgIpc) is 1.61. The maximum absolute atomic E-state index is 5.19. The van der Waals surface area contributed by atoms with Gasteiger partial charge in [0, 0.05) is 56.3 Å². The predicted octanol–water partition coefficient (Wildman–Crippen LogP) is 31.9. The molecule has 7 aromatic heterocycles. The Bertz CT molecular complexity index is 8940. The maximum atomic E-state index is 5.19. The first kappa shape index (κ1) is 88.8. The topological polar surface area (TPSA) is 168 Å². The lowest BCUT2D eigenvalue weighted by Gasteiger charge is -2.12. The van der Waals surface area contributed by atoms with Crippen LogP contribution in [0.2, 0.25) is 0 Å². The molecule has 0 saturated carbocycles. The van der Waals surface area contributed by atoms with Gasteiger partial charge in [-0.05, 0) is 196 Å². The number of hydrogen-bond acceptors (Lipinski definition) is 13. The molecule has 7 heterocycles. The van der Waals surface area contributed by atoms with Crippen LogP contribution >= 0.6 is 0 Å². The first-order chi connectivity index (χ1) is 72.8. The number of pyridine rings is 4. The van der Waals surface area contributed by atoms with Gasteiger partial charge in [0.05, 0.1) is 17.1 Å². The van der Waals surface area contributed by atoms with E-state index in [4.69, 9.17) is 64.8 Å². The van der Waals surface area contributed by atoms with E-state index in [2.05, 4.69) is 291 Å². The molecular formula is C134H89N13. The molecule has 17 aromatic carbocycles. The minimum Gasteiger partial charge on any atom is -0.252 e. The average molecular weight is 1880 g/mol. The van der Waals surface area contributed by atoms with Crippen molar-refractivity contribution >= 4 is 0 Å². The van der Waals surface area contributed by atoms with Gasteiger partial charge in [0.2, 0.25) is 0 Å². The number of aromatic nitrogens is 13. The number of fused-ring (bicyclic) bond motifs is 9. The van der Waals surface area contributed by atoms with Gasteiger partial charge in [-0.25, -0.2) is 59.8 Å². The van der Waals surface area contributed by atoms with Crippen molar-refractivity contribution in [3.63, 3.8) is 0 Å². The molecule has 0 unspecified atom stereocenters. The van der Waals surface area contributed by atoms with E-state index in [1.807, 2.05) is 212 Å². The van der Waals surface area contributed by atoms with Crippen LogP contribution in [0.25, 0.3) is 237 Å². The summed E-state index contributed by atoms with van der Waals surface area (Å²) < 4.78 is 0. The van der Waals surface area contributed by atoms with Crippen molar-refractivity contribution in [1.29, 1.82) is 0 Å². The summed E-state index contributed by atoms with van der Waals surface area (Å²) in [4.78, 5) is 64.6. The summed E-state index contributed by atoms with van der Waals surface area (Å²) in [6.07, 6.45) is 4.43. The third-order valence-electron chi connectivity index (χ3n) is 27.6. The summed E-state index contributed by atoms with van der Waals surface area (Å²) in [7, 11) is 0. The lowest BCUT2D eigenvalue weighted by molar-refractivity contribution is 1.05. The van der Waals surface area contributed by atoms with Crippen LogP contribution in [0.5, 0.6) is 0 Å². The molecular weight excluding hydrogens is 1790 g/mol. The quantitative estimate of drug-likeness (QED) is 0.0797. The monoisotopic (exact) mass is 1880 g/mol. The molecule has 0 N–H and O–H groups in total. The minimum atomic E-state index is 0.500. The second kappa shape index (κ2) is 39.8. The van der Waals surface area contributed by atoms with Crippen LogP contribution in [0.4, 0.5) is 0 Å². The molecule has 0 bridgehead atoms. The Balaban J connectivity index is 0.000000115. The second-order valence-corrected chi connectivity index (χ2v) is 36.5. The molecule has 0 radical (unpaired) electrons. The van der Waals surface area contributed by atoms with E-state index in [9.17, 15) is 0 Å². The van der Waals surface area contributed by atoms with E-state index in [0.717, 1.165) is 97.5 Å². The molecule has 0 fully saturated rings. The molecule has 3 aliphatic carbocycles. The summed E-state index contributed by atoms with van der Waals surface area (Å²) in [5.74, 6) is 5.13. The van der Waals surface area contributed by atoms with Crippen LogP contribution < -0.4 is 0 Å². The van der Waals surface area contributed by atoms with E-state index in [1.54, 1.807) is 0 Å². The zero-order chi connectivity index (χ0) is 97.7. The second-order valence-electron chi connectivity index (χ2n) is 36.5. The van der Waals surface area contributed by atoms with Gasteiger partial charge < -0.3 is 0 Å². The molecule has 3 aliphatic rings. The van der Waals surface area contributed by atoms with Crippen LogP contribution in [-0.4, -0.2) is 64.8 Å². The van der Waals surface area contributed by atoms with Crippen molar-refractivity contribution in [2.24, 2.45) is 0 Å². The third-order valence-corrected chi connectivity index (χ3v) is 27.6. The summed E-state index contributed by atoms with van der Waals surface area (Å²) in [6, 6.07) is 172. The molecule has 0 atom stereocenters. The van der Waals surface area contributed by atoms with Crippen molar-refractivity contribution < 1.29 is 0 Å². The van der Waals surface area contributed by atoms with Crippen molar-refractivity contribution in [2.75, 3.05) is 0 Å². The highest BCUT2D eigenvalue weighted by atomic mass is 15.1. The fraction of sp³-hybridized carbons (Fsp3) is 0.0224. The van der Waals surface area contributed by atoms with Crippen LogP contribution in [0.3, 0.4) is 0 Å². The normalized spacial score (nSPS) is 11.6. The van der Waals surface area contributed by atoms with Gasteiger partial charge >= 0.3 is 0 Å². The Morgan fingerprint density at radius 3 is 0.673 bits per heavy atom. The number of hydrogen-bond donors (Lipinski definition) is 0. The van der Waals surface area contributed by atoms with Gasteiger partial charge in [-0.2, -0.15) is 0 Å². The van der Waals surface area contributed by atoms with Gasteiger partial charge in [0.1, 0.15) is 22.8 Å². The van der Waals surface area contributed by atoms with Gasteiger partial charge in [0.15, 0.2) is 52.4 Å². The zero-order valence-electron chi connectivity index (χ0n) is 79.9. The Hall–Kier alpha value is -19.6. The van der Waals surface area contributed by atoms with E-state index >= 15 is 0 Å². The van der Waals surface area contributed by atoms with Crippen LogP contribution in [0.15, 0.2) is 504 Å². The molecule has 147 heavy (non-hydrogen) atoms. The van der Waals surface area contributed by atoms with Gasteiger partial charge in [-0.3, -0.25) is 4.98 Å². The number of benzene rings is 17. The van der Waals surface area contributed by atoms with Gasteiger partial charge in [0.25, 0.3) is 0 Å². The first-order valence-corrected chi connectivity index (χ1v) is 49.5. The molecule has 27 rings (SSSR count). The van der Waals surface area contributed by atoms with E-state index < -0.39 is 0 Å². The van der Waals surface area contributed by atoms with E-state index in [1.165, 1.54) is 117 Å². The molecule has 13 heteroatoms. The highest BCUT2D eigenvalue weighted by Crippen LogP contribution is 2.50. The molecule has 13 nitrogen and oxygen atoms in total. The smallest absolute Gasteiger partial charge is 0.182 e. The SMILES string of the molecule is c1ccc(-c2ccc(-c3cccc4c3Cc3c(-c5cccc(-c6nc(-c7ccccc7)nc(-c7ccccc7)n6)n5)cccc3-4)cc2)cc1.c1ccc(-c2ccc(-c3nc(-c4ccccc4)nc(-c4cccc(-c5cccc6c5Cc5c(-c7ccccc7)cccc5-6)n4)n3)nc2)cc1.c1ccc(-c2cccc(-c3nc(-c4ccccc4)nc(-c4cccc(-c5cccc6c5Cc5c(-c7ccccc7)cccc5-6)c4)n3)n2)cc1. The van der Waals surface area contributed by atoms with Crippen molar-refractivity contribution in [2.45, 2.75) is 19.3 Å². The third kappa shape index (κ3) is 18.1. The number of rotatable bonds is 18. The standard InChI is InChI=1S/2C45H30N4.C44H29N5/c1-4-14-30(15-5-1)35-22-11-24-37-38-25-12-23-36(40(38)29-39(35)37)33-20-10-21-34(28-33)44-47-43(32-18-8-3-9-19-32)48-45(49-44)42-27-13-26-41(46-42)31-16-6-2-7-17-31;1-4-13-30(14-5-1)31-25-27-32(28-26-31)35-19-10-20-36-37-21-11-22-38(40(37)29-39(35)36)41-23-12-24-42(46-41)45-48-43(33-15-6-2-7-16-33)47-44(49-45)34-17-8-3-9-18-34;1-4-13-29(14-5-1)32-25-26-40(45-28-32)43-47-42(31-17-8-3-9-18-31)48-44(49-43)41-24-12-23-39(46-41)36-22-11-21-35-34-20-10-19-33(37(34)27-38(35)36)30-15-6-2-7-16-30/h2*1-28H,29H2;1-26,28H,27H2. The minimum absolute atomic E-state index is 0.500. The summed E-state index contributed by atoms with van der Waals surface area (Å²) in [5, 5.41) is 0. The van der Waals surface area contributed by atoms with Gasteiger partial charge in [-0.15, -0.1) is 0 Å².